The van der Waals surface area contributed by atoms with E-state index in [1.807, 2.05) is 24.3 Å². The van der Waals surface area contributed by atoms with E-state index in [0.29, 0.717) is 18.6 Å². The molecule has 25 heavy (non-hydrogen) atoms. The summed E-state index contributed by atoms with van der Waals surface area (Å²) in [5, 5.41) is 13.0. The monoisotopic (exact) mass is 348 g/mol. The lowest BCUT2D eigenvalue weighted by molar-refractivity contribution is -0.132. The van der Waals surface area contributed by atoms with Gasteiger partial charge in [0.2, 0.25) is 0 Å². The maximum Gasteiger partial charge on any atom is 0.325 e. The number of nitrogens with zero attached hydrogens (tertiary/aromatic N) is 1. The van der Waals surface area contributed by atoms with Gasteiger partial charge in [0.25, 0.3) is 5.91 Å². The molecule has 3 rings (SSSR count). The average molecular weight is 348 g/mol. The number of ether oxygens (including phenoxy) is 2. The van der Waals surface area contributed by atoms with Crippen LogP contribution in [0, 0.1) is 0 Å². The van der Waals surface area contributed by atoms with E-state index in [2.05, 4.69) is 5.32 Å². The zero-order valence-electron chi connectivity index (χ0n) is 14.4. The van der Waals surface area contributed by atoms with E-state index in [1.54, 1.807) is 7.11 Å². The van der Waals surface area contributed by atoms with Crippen LogP contribution in [0.1, 0.15) is 31.2 Å². The number of rotatable bonds is 7. The van der Waals surface area contributed by atoms with Crippen LogP contribution in [0.25, 0.3) is 0 Å². The van der Waals surface area contributed by atoms with E-state index in [0.717, 1.165) is 23.3 Å². The molecule has 2 aliphatic rings. The molecule has 7 heteroatoms. The van der Waals surface area contributed by atoms with Gasteiger partial charge >= 0.3 is 6.03 Å². The average Bonchev–Trinajstić information content (AvgIpc) is 3.16. The van der Waals surface area contributed by atoms with Gasteiger partial charge in [-0.05, 0) is 18.9 Å². The number of urea groups is 1. The highest BCUT2D eigenvalue weighted by Gasteiger charge is 2.52. The van der Waals surface area contributed by atoms with E-state index >= 15 is 0 Å². The molecule has 1 aliphatic carbocycles. The normalized spacial score (nSPS) is 20.2. The molecule has 1 aromatic rings. The first-order valence-electron chi connectivity index (χ1n) is 8.57. The van der Waals surface area contributed by atoms with E-state index in [9.17, 15) is 14.7 Å². The first kappa shape index (κ1) is 17.7. The maximum absolute atomic E-state index is 12.5. The zero-order chi connectivity index (χ0) is 17.9. The standard InChI is InChI=1S/C18H24N2O5/c1-24-15-7-3-2-6-13(15)11-25-12-14(21)10-20-16(22)18(19-17(20)23)8-4-5-9-18/h2-3,6-7,14,21H,4-5,8-12H2,1H3,(H,19,23). The van der Waals surface area contributed by atoms with Gasteiger partial charge in [0, 0.05) is 5.56 Å². The number of imide groups is 1. The van der Waals surface area contributed by atoms with Crippen molar-refractivity contribution >= 4 is 11.9 Å². The minimum absolute atomic E-state index is 0.0299. The van der Waals surface area contributed by atoms with Crippen molar-refractivity contribution in [1.82, 2.24) is 10.2 Å². The summed E-state index contributed by atoms with van der Waals surface area (Å²) in [5.74, 6) is 0.494. The first-order chi connectivity index (χ1) is 12.1. The molecule has 1 unspecified atom stereocenters. The van der Waals surface area contributed by atoms with Crippen molar-refractivity contribution in [2.45, 2.75) is 43.9 Å². The Bertz CT molecular complexity index is 642. The third kappa shape index (κ3) is 3.62. The van der Waals surface area contributed by atoms with Gasteiger partial charge in [0.15, 0.2) is 0 Å². The Morgan fingerprint density at radius 3 is 2.72 bits per heavy atom. The number of β-amino-alcohol motifs (C(OH)–C–C–N with tert-alkyl or cyclic N) is 1. The summed E-state index contributed by atoms with van der Waals surface area (Å²) in [4.78, 5) is 25.7. The topological polar surface area (TPSA) is 88.1 Å². The molecule has 1 saturated heterocycles. The third-order valence-electron chi connectivity index (χ3n) is 4.86. The summed E-state index contributed by atoms with van der Waals surface area (Å²) >= 11 is 0. The number of carbonyl (C=O) groups excluding carboxylic acids is 2. The molecule has 1 atom stereocenters. The molecule has 136 valence electrons. The second-order valence-electron chi connectivity index (χ2n) is 6.62. The number of aliphatic hydroxyl groups excluding tert-OH is 1. The third-order valence-corrected chi connectivity index (χ3v) is 4.86. The predicted octanol–water partition coefficient (Wildman–Crippen LogP) is 1.44. The van der Waals surface area contributed by atoms with Gasteiger partial charge in [-0.2, -0.15) is 0 Å². The molecule has 2 N–H and O–H groups in total. The number of benzene rings is 1. The van der Waals surface area contributed by atoms with Crippen molar-refractivity contribution in [2.75, 3.05) is 20.3 Å². The molecule has 3 amide bonds. The van der Waals surface area contributed by atoms with Gasteiger partial charge in [-0.15, -0.1) is 0 Å². The van der Waals surface area contributed by atoms with Crippen molar-refractivity contribution in [3.63, 3.8) is 0 Å². The van der Waals surface area contributed by atoms with Gasteiger partial charge in [-0.3, -0.25) is 9.69 Å². The van der Waals surface area contributed by atoms with Crippen molar-refractivity contribution in [2.24, 2.45) is 0 Å². The van der Waals surface area contributed by atoms with Crippen LogP contribution in [0.5, 0.6) is 5.75 Å². The molecule has 1 spiro atoms. The second-order valence-corrected chi connectivity index (χ2v) is 6.62. The fourth-order valence-electron chi connectivity index (χ4n) is 3.55. The van der Waals surface area contributed by atoms with E-state index in [-0.39, 0.29) is 25.7 Å². The number of methoxy groups -OCH3 is 1. The quantitative estimate of drug-likeness (QED) is 0.728. The highest BCUT2D eigenvalue weighted by molar-refractivity contribution is 6.07. The van der Waals surface area contributed by atoms with Crippen LogP contribution in [0.2, 0.25) is 0 Å². The molecule has 2 fully saturated rings. The fraction of sp³-hybridized carbons (Fsp3) is 0.556. The molecule has 1 aromatic carbocycles. The smallest absolute Gasteiger partial charge is 0.325 e. The van der Waals surface area contributed by atoms with Crippen molar-refractivity contribution in [1.29, 1.82) is 0 Å². The summed E-state index contributed by atoms with van der Waals surface area (Å²) in [6, 6.07) is 7.05. The summed E-state index contributed by atoms with van der Waals surface area (Å²) in [7, 11) is 1.59. The van der Waals surface area contributed by atoms with E-state index in [4.69, 9.17) is 9.47 Å². The molecule has 1 heterocycles. The fourth-order valence-corrected chi connectivity index (χ4v) is 3.55. The second kappa shape index (κ2) is 7.41. The summed E-state index contributed by atoms with van der Waals surface area (Å²) in [5.41, 5.74) is 0.131. The Hall–Kier alpha value is -2.12. The molecule has 1 aliphatic heterocycles. The molecular formula is C18H24N2O5. The van der Waals surface area contributed by atoms with Crippen LogP contribution < -0.4 is 10.1 Å². The number of para-hydroxylation sites is 1. The van der Waals surface area contributed by atoms with Gasteiger partial charge < -0.3 is 19.9 Å². The number of hydrogen-bond acceptors (Lipinski definition) is 5. The van der Waals surface area contributed by atoms with Crippen molar-refractivity contribution in [3.05, 3.63) is 29.8 Å². The van der Waals surface area contributed by atoms with Crippen molar-refractivity contribution < 1.29 is 24.2 Å². The Labute approximate surface area is 146 Å². The van der Waals surface area contributed by atoms with Crippen LogP contribution in [-0.2, 0) is 16.1 Å². The Morgan fingerprint density at radius 2 is 2.00 bits per heavy atom. The van der Waals surface area contributed by atoms with E-state index in [1.165, 1.54) is 0 Å². The molecule has 7 nitrogen and oxygen atoms in total. The lowest BCUT2D eigenvalue weighted by atomic mass is 9.98. The number of carbonyl (C=O) groups is 2. The molecule has 0 aromatic heterocycles. The Balaban J connectivity index is 1.50. The first-order valence-corrected chi connectivity index (χ1v) is 8.57. The van der Waals surface area contributed by atoms with Crippen molar-refractivity contribution in [3.8, 4) is 5.75 Å². The Morgan fingerprint density at radius 1 is 1.28 bits per heavy atom. The minimum atomic E-state index is -0.930. The van der Waals surface area contributed by atoms with Crippen LogP contribution in [0.15, 0.2) is 24.3 Å². The predicted molar refractivity (Wildman–Crippen MR) is 90.1 cm³/mol. The van der Waals surface area contributed by atoms with Crippen LogP contribution in [0.4, 0.5) is 4.79 Å². The van der Waals surface area contributed by atoms with Gasteiger partial charge in [0.05, 0.1) is 33.0 Å². The largest absolute Gasteiger partial charge is 0.496 e. The highest BCUT2D eigenvalue weighted by Crippen LogP contribution is 2.35. The highest BCUT2D eigenvalue weighted by atomic mass is 16.5. The number of nitrogens with one attached hydrogen (secondary N) is 1. The van der Waals surface area contributed by atoms with Crippen LogP contribution in [0.3, 0.4) is 0 Å². The summed E-state index contributed by atoms with van der Waals surface area (Å²) < 4.78 is 10.8. The molecular weight excluding hydrogens is 324 g/mol. The minimum Gasteiger partial charge on any atom is -0.496 e. The van der Waals surface area contributed by atoms with Gasteiger partial charge in [-0.1, -0.05) is 31.0 Å². The van der Waals surface area contributed by atoms with Crippen LogP contribution >= 0.6 is 0 Å². The van der Waals surface area contributed by atoms with Crippen LogP contribution in [-0.4, -0.2) is 53.8 Å². The number of amides is 3. The van der Waals surface area contributed by atoms with Gasteiger partial charge in [-0.25, -0.2) is 4.79 Å². The SMILES string of the molecule is COc1ccccc1COCC(O)CN1C(=O)NC2(CCCC2)C1=O. The Kier molecular flexibility index (Phi) is 5.24. The number of aliphatic hydroxyl groups is 1. The molecule has 0 bridgehead atoms. The molecule has 1 saturated carbocycles. The maximum atomic E-state index is 12.5. The lowest BCUT2D eigenvalue weighted by Crippen LogP contribution is -2.45. The van der Waals surface area contributed by atoms with E-state index < -0.39 is 17.7 Å². The van der Waals surface area contributed by atoms with Gasteiger partial charge in [0.1, 0.15) is 11.3 Å². The molecule has 0 radical (unpaired) electrons. The summed E-state index contributed by atoms with van der Waals surface area (Å²) in [6.07, 6.45) is 2.29. The zero-order valence-corrected chi connectivity index (χ0v) is 14.4. The summed E-state index contributed by atoms with van der Waals surface area (Å²) in [6.45, 7) is 0.256. The number of hydrogen-bond donors (Lipinski definition) is 2. The lowest BCUT2D eigenvalue weighted by Gasteiger charge is -2.21.